The molecule has 2 aromatic rings. The van der Waals surface area contributed by atoms with Crippen LogP contribution in [0.4, 0.5) is 5.82 Å². The van der Waals surface area contributed by atoms with Crippen LogP contribution in [0, 0.1) is 3.57 Å². The molecule has 21 heavy (non-hydrogen) atoms. The lowest BCUT2D eigenvalue weighted by atomic mass is 10.0. The van der Waals surface area contributed by atoms with Crippen molar-refractivity contribution < 1.29 is 0 Å². The van der Waals surface area contributed by atoms with Gasteiger partial charge in [0.25, 0.3) is 0 Å². The van der Waals surface area contributed by atoms with E-state index in [0.29, 0.717) is 33.2 Å². The van der Waals surface area contributed by atoms with E-state index in [9.17, 15) is 0 Å². The summed E-state index contributed by atoms with van der Waals surface area (Å²) in [7, 11) is 0. The molecule has 1 fully saturated rings. The van der Waals surface area contributed by atoms with Crippen molar-refractivity contribution in [2.75, 3.05) is 5.73 Å². The first-order valence-electron chi connectivity index (χ1n) is 6.85. The summed E-state index contributed by atoms with van der Waals surface area (Å²) in [4.78, 5) is 9.13. The summed E-state index contributed by atoms with van der Waals surface area (Å²) in [6.45, 7) is 0. The topological polar surface area (TPSA) is 51.8 Å². The third kappa shape index (κ3) is 2.98. The third-order valence-electron chi connectivity index (χ3n) is 3.83. The van der Waals surface area contributed by atoms with Crippen molar-refractivity contribution in [3.63, 3.8) is 0 Å². The second-order valence-corrected chi connectivity index (χ2v) is 7.10. The number of nitrogen functional groups attached to an aromatic ring is 1. The maximum atomic E-state index is 6.26. The van der Waals surface area contributed by atoms with E-state index >= 15 is 0 Å². The maximum absolute atomic E-state index is 6.26. The molecule has 3 nitrogen and oxygen atoms in total. The van der Waals surface area contributed by atoms with Crippen LogP contribution < -0.4 is 5.73 Å². The highest BCUT2D eigenvalue weighted by Crippen LogP contribution is 2.39. The molecule has 0 radical (unpaired) electrons. The highest BCUT2D eigenvalue weighted by Gasteiger charge is 2.24. The third-order valence-corrected chi connectivity index (χ3v) is 5.57. The Kier molecular flexibility index (Phi) is 4.57. The van der Waals surface area contributed by atoms with Gasteiger partial charge in [-0.25, -0.2) is 9.97 Å². The summed E-state index contributed by atoms with van der Waals surface area (Å²) in [6, 6.07) is 5.38. The second kappa shape index (κ2) is 6.26. The van der Waals surface area contributed by atoms with Gasteiger partial charge < -0.3 is 5.73 Å². The van der Waals surface area contributed by atoms with Crippen LogP contribution in [0.25, 0.3) is 11.4 Å². The number of nitrogens with two attached hydrogens (primary N) is 1. The number of anilines is 1. The minimum Gasteiger partial charge on any atom is -0.383 e. The van der Waals surface area contributed by atoms with E-state index in [1.54, 1.807) is 12.1 Å². The minimum absolute atomic E-state index is 0.460. The van der Waals surface area contributed by atoms with Gasteiger partial charge in [0.15, 0.2) is 5.82 Å². The number of halogens is 3. The van der Waals surface area contributed by atoms with Crippen LogP contribution in [0.1, 0.15) is 37.3 Å². The SMILES string of the molecule is Nc1nc(-c2c(Cl)cccc2Cl)nc(C2CCCC2)c1I. The molecule has 0 spiro atoms. The molecule has 1 aliphatic carbocycles. The highest BCUT2D eigenvalue weighted by atomic mass is 127. The summed E-state index contributed by atoms with van der Waals surface area (Å²) >= 11 is 14.8. The first kappa shape index (κ1) is 15.3. The zero-order chi connectivity index (χ0) is 15.0. The normalized spacial score (nSPS) is 15.6. The molecule has 110 valence electrons. The van der Waals surface area contributed by atoms with Crippen LogP contribution in [0.3, 0.4) is 0 Å². The molecule has 0 amide bonds. The molecule has 0 aliphatic heterocycles. The van der Waals surface area contributed by atoms with Gasteiger partial charge in [-0.15, -0.1) is 0 Å². The van der Waals surface area contributed by atoms with Gasteiger partial charge in [-0.3, -0.25) is 0 Å². The summed E-state index contributed by atoms with van der Waals surface area (Å²) in [5.41, 5.74) is 7.77. The summed E-state index contributed by atoms with van der Waals surface area (Å²) in [6.07, 6.45) is 4.80. The van der Waals surface area contributed by atoms with Gasteiger partial charge in [-0.2, -0.15) is 0 Å². The van der Waals surface area contributed by atoms with Gasteiger partial charge >= 0.3 is 0 Å². The molecular weight excluding hydrogens is 420 g/mol. The van der Waals surface area contributed by atoms with E-state index < -0.39 is 0 Å². The average molecular weight is 434 g/mol. The van der Waals surface area contributed by atoms with Crippen molar-refractivity contribution in [3.8, 4) is 11.4 Å². The van der Waals surface area contributed by atoms with Gasteiger partial charge in [0.2, 0.25) is 0 Å². The van der Waals surface area contributed by atoms with Gasteiger partial charge in [0.1, 0.15) is 5.82 Å². The Morgan fingerprint density at radius 3 is 2.33 bits per heavy atom. The van der Waals surface area contributed by atoms with Crippen molar-refractivity contribution in [2.24, 2.45) is 0 Å². The number of rotatable bonds is 2. The quantitative estimate of drug-likeness (QED) is 0.654. The average Bonchev–Trinajstić information content (AvgIpc) is 2.96. The van der Waals surface area contributed by atoms with Gasteiger partial charge in [0.05, 0.1) is 24.9 Å². The molecule has 0 bridgehead atoms. The van der Waals surface area contributed by atoms with E-state index in [1.165, 1.54) is 12.8 Å². The van der Waals surface area contributed by atoms with E-state index in [0.717, 1.165) is 22.1 Å². The molecule has 1 aliphatic rings. The number of nitrogens with zero attached hydrogens (tertiary/aromatic N) is 2. The van der Waals surface area contributed by atoms with Crippen molar-refractivity contribution in [2.45, 2.75) is 31.6 Å². The largest absolute Gasteiger partial charge is 0.383 e. The first-order chi connectivity index (χ1) is 10.1. The summed E-state index contributed by atoms with van der Waals surface area (Å²) in [5.74, 6) is 1.48. The molecule has 6 heteroatoms. The molecule has 3 rings (SSSR count). The Balaban J connectivity index is 2.16. The zero-order valence-corrected chi connectivity index (χ0v) is 14.9. The minimum atomic E-state index is 0.460. The van der Waals surface area contributed by atoms with Crippen molar-refractivity contribution in [1.29, 1.82) is 0 Å². The Bertz CT molecular complexity index is 665. The molecule has 2 N–H and O–H groups in total. The van der Waals surface area contributed by atoms with E-state index in [-0.39, 0.29) is 0 Å². The van der Waals surface area contributed by atoms with Crippen LogP contribution >= 0.6 is 45.8 Å². The predicted octanol–water partition coefficient (Wildman–Crippen LogP) is 5.29. The molecule has 0 unspecified atom stereocenters. The van der Waals surface area contributed by atoms with Crippen molar-refractivity contribution >= 4 is 51.6 Å². The lowest BCUT2D eigenvalue weighted by Crippen LogP contribution is -2.08. The van der Waals surface area contributed by atoms with Gasteiger partial charge in [-0.1, -0.05) is 42.1 Å². The smallest absolute Gasteiger partial charge is 0.164 e. The van der Waals surface area contributed by atoms with E-state index in [4.69, 9.17) is 33.9 Å². The number of hydrogen-bond donors (Lipinski definition) is 1. The fourth-order valence-corrected chi connectivity index (χ4v) is 4.02. The monoisotopic (exact) mass is 433 g/mol. The molecule has 1 aromatic carbocycles. The number of hydrogen-bond acceptors (Lipinski definition) is 3. The molecule has 1 aromatic heterocycles. The summed E-state index contributed by atoms with van der Waals surface area (Å²) in [5, 5.41) is 1.08. The molecule has 1 heterocycles. The Morgan fingerprint density at radius 1 is 1.10 bits per heavy atom. The lowest BCUT2D eigenvalue weighted by molar-refractivity contribution is 0.691. The van der Waals surface area contributed by atoms with Crippen LogP contribution in [-0.2, 0) is 0 Å². The second-order valence-electron chi connectivity index (χ2n) is 5.21. The molecule has 0 saturated heterocycles. The Labute approximate surface area is 147 Å². The summed E-state index contributed by atoms with van der Waals surface area (Å²) < 4.78 is 0.950. The lowest BCUT2D eigenvalue weighted by Gasteiger charge is -2.15. The predicted molar refractivity (Wildman–Crippen MR) is 95.8 cm³/mol. The first-order valence-corrected chi connectivity index (χ1v) is 8.68. The van der Waals surface area contributed by atoms with Crippen LogP contribution in [0.2, 0.25) is 10.0 Å². The van der Waals surface area contributed by atoms with Crippen molar-refractivity contribution in [1.82, 2.24) is 9.97 Å². The zero-order valence-electron chi connectivity index (χ0n) is 11.2. The molecular formula is C15H14Cl2IN3. The standard InChI is InChI=1S/C15H14Cl2IN3/c16-9-6-3-7-10(17)11(9)15-20-13(8-4-1-2-5-8)12(18)14(19)21-15/h3,6-8H,1-2,4-5H2,(H2,19,20,21). The van der Waals surface area contributed by atoms with E-state index in [2.05, 4.69) is 27.6 Å². The van der Waals surface area contributed by atoms with Gasteiger partial charge in [0, 0.05) is 5.92 Å². The molecule has 0 atom stereocenters. The van der Waals surface area contributed by atoms with Crippen LogP contribution in [-0.4, -0.2) is 9.97 Å². The van der Waals surface area contributed by atoms with Crippen molar-refractivity contribution in [3.05, 3.63) is 37.5 Å². The highest BCUT2D eigenvalue weighted by molar-refractivity contribution is 14.1. The van der Waals surface area contributed by atoms with Crippen LogP contribution in [0.15, 0.2) is 18.2 Å². The molecule has 1 saturated carbocycles. The number of benzene rings is 1. The fraction of sp³-hybridized carbons (Fsp3) is 0.333. The van der Waals surface area contributed by atoms with E-state index in [1.807, 2.05) is 6.07 Å². The van der Waals surface area contributed by atoms with Gasteiger partial charge in [-0.05, 0) is 47.6 Å². The maximum Gasteiger partial charge on any atom is 0.164 e. The Hall–Kier alpha value is -0.590. The fourth-order valence-electron chi connectivity index (χ4n) is 2.78. The Morgan fingerprint density at radius 2 is 1.71 bits per heavy atom. The van der Waals surface area contributed by atoms with Crippen LogP contribution in [0.5, 0.6) is 0 Å². The number of aromatic nitrogens is 2.